The maximum atomic E-state index is 12.6. The molecule has 27 heavy (non-hydrogen) atoms. The van der Waals surface area contributed by atoms with Crippen molar-refractivity contribution in [2.75, 3.05) is 23.3 Å². The van der Waals surface area contributed by atoms with Crippen LogP contribution in [0.15, 0.2) is 55.1 Å². The van der Waals surface area contributed by atoms with Crippen molar-refractivity contribution in [1.82, 2.24) is 14.5 Å². The van der Waals surface area contributed by atoms with Crippen LogP contribution < -0.4 is 10.2 Å². The first-order valence-corrected chi connectivity index (χ1v) is 9.18. The van der Waals surface area contributed by atoms with Crippen LogP contribution in [0.3, 0.4) is 0 Å². The number of benzene rings is 1. The van der Waals surface area contributed by atoms with E-state index in [1.165, 1.54) is 0 Å². The van der Waals surface area contributed by atoms with E-state index in [1.54, 1.807) is 12.4 Å². The van der Waals surface area contributed by atoms with Crippen LogP contribution in [0.5, 0.6) is 0 Å². The lowest BCUT2D eigenvalue weighted by atomic mass is 10.1. The van der Waals surface area contributed by atoms with Crippen LogP contribution in [-0.2, 0) is 4.79 Å². The standard InChI is InChI=1S/C21H23N5O/c1-15-16(2)26(14-23-15)20-5-3-18(4-6-20)24-21(27)17-9-12-25(13-17)19-7-10-22-11-8-19/h3-8,10-11,14,17H,9,12-13H2,1-2H3,(H,24,27). The summed E-state index contributed by atoms with van der Waals surface area (Å²) in [6.45, 7) is 5.67. The van der Waals surface area contributed by atoms with Crippen LogP contribution >= 0.6 is 0 Å². The minimum Gasteiger partial charge on any atom is -0.371 e. The van der Waals surface area contributed by atoms with Crippen molar-refractivity contribution in [2.24, 2.45) is 5.92 Å². The molecule has 138 valence electrons. The predicted octanol–water partition coefficient (Wildman–Crippen LogP) is 3.35. The zero-order valence-corrected chi connectivity index (χ0v) is 15.6. The molecule has 1 atom stereocenters. The first-order chi connectivity index (χ1) is 13.1. The molecule has 1 unspecified atom stereocenters. The second-order valence-electron chi connectivity index (χ2n) is 6.96. The van der Waals surface area contributed by atoms with Gasteiger partial charge in [-0.3, -0.25) is 9.78 Å². The highest BCUT2D eigenvalue weighted by Gasteiger charge is 2.28. The van der Waals surface area contributed by atoms with Gasteiger partial charge in [0.1, 0.15) is 0 Å². The van der Waals surface area contributed by atoms with Crippen LogP contribution in [0.4, 0.5) is 11.4 Å². The van der Waals surface area contributed by atoms with Crippen LogP contribution in [-0.4, -0.2) is 33.5 Å². The monoisotopic (exact) mass is 361 g/mol. The Morgan fingerprint density at radius 2 is 1.81 bits per heavy atom. The predicted molar refractivity (Wildman–Crippen MR) is 106 cm³/mol. The average Bonchev–Trinajstić information content (AvgIpc) is 3.31. The third kappa shape index (κ3) is 3.56. The van der Waals surface area contributed by atoms with Gasteiger partial charge >= 0.3 is 0 Å². The maximum Gasteiger partial charge on any atom is 0.229 e. The van der Waals surface area contributed by atoms with Gasteiger partial charge in [-0.1, -0.05) is 0 Å². The number of aromatic nitrogens is 3. The number of imidazole rings is 1. The van der Waals surface area contributed by atoms with Gasteiger partial charge in [0.15, 0.2) is 0 Å². The largest absolute Gasteiger partial charge is 0.371 e. The number of amides is 1. The Kier molecular flexibility index (Phi) is 4.62. The molecule has 0 bridgehead atoms. The number of carbonyl (C=O) groups is 1. The molecule has 1 N–H and O–H groups in total. The fraction of sp³-hybridized carbons (Fsp3) is 0.286. The fourth-order valence-corrected chi connectivity index (χ4v) is 3.47. The number of nitrogens with zero attached hydrogens (tertiary/aromatic N) is 4. The quantitative estimate of drug-likeness (QED) is 0.774. The van der Waals surface area contributed by atoms with Crippen molar-refractivity contribution in [2.45, 2.75) is 20.3 Å². The summed E-state index contributed by atoms with van der Waals surface area (Å²) in [6.07, 6.45) is 6.26. The molecule has 1 aromatic carbocycles. The van der Waals surface area contributed by atoms with Crippen molar-refractivity contribution >= 4 is 17.3 Å². The number of rotatable bonds is 4. The number of nitrogens with one attached hydrogen (secondary N) is 1. The second kappa shape index (κ2) is 7.23. The van der Waals surface area contributed by atoms with Crippen LogP contribution in [0.2, 0.25) is 0 Å². The molecule has 1 aliphatic heterocycles. The van der Waals surface area contributed by atoms with Gasteiger partial charge in [0.25, 0.3) is 0 Å². The highest BCUT2D eigenvalue weighted by molar-refractivity contribution is 5.93. The highest BCUT2D eigenvalue weighted by Crippen LogP contribution is 2.24. The number of pyridine rings is 1. The third-order valence-electron chi connectivity index (χ3n) is 5.25. The Hall–Kier alpha value is -3.15. The second-order valence-corrected chi connectivity index (χ2v) is 6.96. The van der Waals surface area contributed by atoms with Gasteiger partial charge in [-0.2, -0.15) is 0 Å². The van der Waals surface area contributed by atoms with E-state index in [4.69, 9.17) is 0 Å². The van der Waals surface area contributed by atoms with Crippen molar-refractivity contribution in [1.29, 1.82) is 0 Å². The Bertz CT molecular complexity index is 933. The Morgan fingerprint density at radius 3 is 2.48 bits per heavy atom. The Balaban J connectivity index is 1.39. The van der Waals surface area contributed by atoms with E-state index < -0.39 is 0 Å². The average molecular weight is 361 g/mol. The third-order valence-corrected chi connectivity index (χ3v) is 5.25. The van der Waals surface area contributed by atoms with Gasteiger partial charge in [-0.05, 0) is 56.7 Å². The molecule has 4 rings (SSSR count). The normalized spacial score (nSPS) is 16.5. The van der Waals surface area contributed by atoms with E-state index in [2.05, 4.69) is 20.2 Å². The summed E-state index contributed by atoms with van der Waals surface area (Å²) >= 11 is 0. The van der Waals surface area contributed by atoms with E-state index in [0.29, 0.717) is 0 Å². The minimum absolute atomic E-state index is 0.00335. The zero-order chi connectivity index (χ0) is 18.8. The summed E-state index contributed by atoms with van der Waals surface area (Å²) in [4.78, 5) is 23.3. The van der Waals surface area contributed by atoms with E-state index >= 15 is 0 Å². The zero-order valence-electron chi connectivity index (χ0n) is 15.6. The molecule has 6 heteroatoms. The molecule has 3 aromatic rings. The first-order valence-electron chi connectivity index (χ1n) is 9.18. The van der Waals surface area contributed by atoms with Gasteiger partial charge in [-0.25, -0.2) is 4.98 Å². The molecule has 0 saturated carbocycles. The smallest absolute Gasteiger partial charge is 0.229 e. The number of carbonyl (C=O) groups excluding carboxylic acids is 1. The summed E-state index contributed by atoms with van der Waals surface area (Å²) in [6, 6.07) is 11.9. The molecular formula is C21H23N5O. The summed E-state index contributed by atoms with van der Waals surface area (Å²) in [7, 11) is 0. The van der Waals surface area contributed by atoms with Crippen molar-refractivity contribution in [3.63, 3.8) is 0 Å². The summed E-state index contributed by atoms with van der Waals surface area (Å²) < 4.78 is 2.05. The van der Waals surface area contributed by atoms with E-state index in [-0.39, 0.29) is 11.8 Å². The van der Waals surface area contributed by atoms with Gasteiger partial charge in [0, 0.05) is 48.2 Å². The van der Waals surface area contributed by atoms with Crippen LogP contribution in [0.25, 0.3) is 5.69 Å². The molecule has 6 nitrogen and oxygen atoms in total. The topological polar surface area (TPSA) is 63.1 Å². The molecule has 2 aromatic heterocycles. The molecule has 3 heterocycles. The summed E-state index contributed by atoms with van der Waals surface area (Å²) in [5.41, 5.74) is 5.12. The SMILES string of the molecule is Cc1ncn(-c2ccc(NC(=O)C3CCN(c4ccncc4)C3)cc2)c1C. The fourth-order valence-electron chi connectivity index (χ4n) is 3.47. The first kappa shape index (κ1) is 17.3. The molecule has 1 amide bonds. The highest BCUT2D eigenvalue weighted by atomic mass is 16.1. The van der Waals surface area contributed by atoms with E-state index in [0.717, 1.165) is 48.0 Å². The molecular weight excluding hydrogens is 338 g/mol. The van der Waals surface area contributed by atoms with Crippen molar-refractivity contribution < 1.29 is 4.79 Å². The molecule has 0 spiro atoms. The van der Waals surface area contributed by atoms with Gasteiger partial charge in [0.05, 0.1) is 17.9 Å². The molecule has 0 radical (unpaired) electrons. The number of anilines is 2. The number of hydrogen-bond donors (Lipinski definition) is 1. The van der Waals surface area contributed by atoms with Gasteiger partial charge in [-0.15, -0.1) is 0 Å². The minimum atomic E-state index is -0.00335. The summed E-state index contributed by atoms with van der Waals surface area (Å²) in [5, 5.41) is 3.05. The van der Waals surface area contributed by atoms with Crippen molar-refractivity contribution in [3.8, 4) is 5.69 Å². The Morgan fingerprint density at radius 1 is 1.07 bits per heavy atom. The van der Waals surface area contributed by atoms with Crippen LogP contribution in [0, 0.1) is 19.8 Å². The van der Waals surface area contributed by atoms with Gasteiger partial charge in [0.2, 0.25) is 5.91 Å². The van der Waals surface area contributed by atoms with E-state index in [1.807, 2.05) is 61.1 Å². The number of hydrogen-bond acceptors (Lipinski definition) is 4. The van der Waals surface area contributed by atoms with Crippen LogP contribution in [0.1, 0.15) is 17.8 Å². The molecule has 0 aliphatic carbocycles. The lowest BCUT2D eigenvalue weighted by molar-refractivity contribution is -0.119. The maximum absolute atomic E-state index is 12.6. The van der Waals surface area contributed by atoms with E-state index in [9.17, 15) is 4.79 Å². The lowest BCUT2D eigenvalue weighted by Crippen LogP contribution is -2.26. The van der Waals surface area contributed by atoms with Crippen molar-refractivity contribution in [3.05, 3.63) is 66.5 Å². The number of aryl methyl sites for hydroxylation is 1. The Labute approximate surface area is 158 Å². The summed E-state index contributed by atoms with van der Waals surface area (Å²) in [5.74, 6) is 0.0744. The van der Waals surface area contributed by atoms with Gasteiger partial charge < -0.3 is 14.8 Å². The molecule has 1 aliphatic rings. The molecule has 1 saturated heterocycles. The molecule has 1 fully saturated rings. The lowest BCUT2D eigenvalue weighted by Gasteiger charge is -2.18.